The quantitative estimate of drug-likeness (QED) is 0.632. The monoisotopic (exact) mass is 407 g/mol. The molecule has 0 bridgehead atoms. The normalized spacial score (nSPS) is 12.3. The molecule has 1 nitrogen and oxygen atoms in total. The van der Waals surface area contributed by atoms with Gasteiger partial charge >= 0.3 is 0 Å². The molecule has 0 fully saturated rings. The Morgan fingerprint density at radius 2 is 1.65 bits per heavy atom. The van der Waals surface area contributed by atoms with Crippen LogP contribution in [0.1, 0.15) is 18.5 Å². The number of hydrogen-bond donors (Lipinski definition) is 1. The van der Waals surface area contributed by atoms with Crippen molar-refractivity contribution in [1.82, 2.24) is 0 Å². The van der Waals surface area contributed by atoms with E-state index in [2.05, 4.69) is 37.2 Å². The van der Waals surface area contributed by atoms with Crippen molar-refractivity contribution in [2.75, 3.05) is 5.32 Å². The number of nitrogens with one attached hydrogen (secondary N) is 1. The third-order valence-corrected chi connectivity index (χ3v) is 3.91. The third kappa shape index (κ3) is 3.35. The first-order valence-corrected chi connectivity index (χ1v) is 7.33. The molecule has 0 saturated carbocycles. The average molecular weight is 409 g/mol. The van der Waals surface area contributed by atoms with Gasteiger partial charge in [0.2, 0.25) is 0 Å². The minimum Gasteiger partial charge on any atom is -0.376 e. The maximum atomic E-state index is 13.7. The van der Waals surface area contributed by atoms with Gasteiger partial charge in [0.15, 0.2) is 0 Å². The van der Waals surface area contributed by atoms with Crippen molar-refractivity contribution < 1.29 is 13.2 Å². The van der Waals surface area contributed by atoms with Crippen molar-refractivity contribution in [3.8, 4) is 0 Å². The van der Waals surface area contributed by atoms with E-state index in [0.29, 0.717) is 5.56 Å². The Labute approximate surface area is 131 Å². The fourth-order valence-electron chi connectivity index (χ4n) is 1.79. The average Bonchev–Trinajstić information content (AvgIpc) is 2.38. The summed E-state index contributed by atoms with van der Waals surface area (Å²) < 4.78 is 41.4. The van der Waals surface area contributed by atoms with Crippen molar-refractivity contribution >= 4 is 37.5 Å². The van der Waals surface area contributed by atoms with Crippen LogP contribution in [0.3, 0.4) is 0 Å². The first-order valence-electron chi connectivity index (χ1n) is 5.74. The van der Waals surface area contributed by atoms with Crippen molar-refractivity contribution in [2.45, 2.75) is 13.0 Å². The Morgan fingerprint density at radius 3 is 2.35 bits per heavy atom. The van der Waals surface area contributed by atoms with E-state index in [1.54, 1.807) is 19.1 Å². The number of rotatable bonds is 3. The Balaban J connectivity index is 2.30. The highest BCUT2D eigenvalue weighted by Gasteiger charge is 2.15. The van der Waals surface area contributed by atoms with E-state index in [1.165, 1.54) is 12.1 Å². The molecule has 6 heteroatoms. The van der Waals surface area contributed by atoms with Gasteiger partial charge in [-0.25, -0.2) is 13.2 Å². The molecule has 0 aromatic heterocycles. The van der Waals surface area contributed by atoms with Gasteiger partial charge in [0.25, 0.3) is 0 Å². The summed E-state index contributed by atoms with van der Waals surface area (Å²) in [7, 11) is 0. The van der Waals surface area contributed by atoms with Gasteiger partial charge in [0.05, 0.1) is 16.2 Å². The van der Waals surface area contributed by atoms with Gasteiger partial charge < -0.3 is 5.32 Å². The third-order valence-electron chi connectivity index (χ3n) is 2.81. The lowest BCUT2D eigenvalue weighted by Gasteiger charge is -2.17. The minimum absolute atomic E-state index is 0.102. The van der Waals surface area contributed by atoms with Crippen LogP contribution in [0.2, 0.25) is 0 Å². The van der Waals surface area contributed by atoms with Gasteiger partial charge in [-0.05, 0) is 47.1 Å². The van der Waals surface area contributed by atoms with Crippen LogP contribution in [0.4, 0.5) is 18.9 Å². The summed E-state index contributed by atoms with van der Waals surface area (Å²) in [6.07, 6.45) is 0. The zero-order valence-electron chi connectivity index (χ0n) is 10.4. The fourth-order valence-corrected chi connectivity index (χ4v) is 2.51. The van der Waals surface area contributed by atoms with E-state index < -0.39 is 23.5 Å². The lowest BCUT2D eigenvalue weighted by molar-refractivity contribution is 0.576. The Morgan fingerprint density at radius 1 is 0.950 bits per heavy atom. The second-order valence-corrected chi connectivity index (χ2v) is 6.05. The topological polar surface area (TPSA) is 12.0 Å². The summed E-state index contributed by atoms with van der Waals surface area (Å²) in [4.78, 5) is 0. The first-order chi connectivity index (χ1) is 9.38. The van der Waals surface area contributed by atoms with E-state index >= 15 is 0 Å². The van der Waals surface area contributed by atoms with Crippen LogP contribution in [-0.2, 0) is 0 Å². The van der Waals surface area contributed by atoms with Crippen LogP contribution in [0.25, 0.3) is 0 Å². The molecule has 20 heavy (non-hydrogen) atoms. The molecule has 1 unspecified atom stereocenters. The highest BCUT2D eigenvalue weighted by molar-refractivity contribution is 9.10. The molecule has 0 spiro atoms. The largest absolute Gasteiger partial charge is 0.376 e. The molecule has 0 aliphatic rings. The summed E-state index contributed by atoms with van der Waals surface area (Å²) in [6.45, 7) is 1.70. The zero-order chi connectivity index (χ0) is 14.9. The van der Waals surface area contributed by atoms with Crippen molar-refractivity contribution in [3.05, 3.63) is 62.3 Å². The fraction of sp³-hybridized carbons (Fsp3) is 0.143. The molecule has 2 aromatic rings. The second kappa shape index (κ2) is 6.18. The van der Waals surface area contributed by atoms with Crippen LogP contribution in [-0.4, -0.2) is 0 Å². The number of hydrogen-bond acceptors (Lipinski definition) is 1. The predicted octanol–water partition coefficient (Wildman–Crippen LogP) is 5.80. The standard InChI is InChI=1S/C14H10Br2F3N/c1-7(9-4-8(15)2-3-11(9)17)20-14-5-10(16)12(18)6-13(14)19/h2-7,20H,1H3. The summed E-state index contributed by atoms with van der Waals surface area (Å²) in [5, 5.41) is 2.83. The number of halogens is 5. The maximum Gasteiger partial charge on any atom is 0.149 e. The molecule has 1 N–H and O–H groups in total. The van der Waals surface area contributed by atoms with Gasteiger partial charge in [-0.1, -0.05) is 15.9 Å². The van der Waals surface area contributed by atoms with Crippen molar-refractivity contribution in [3.63, 3.8) is 0 Å². The van der Waals surface area contributed by atoms with Crippen LogP contribution in [0.5, 0.6) is 0 Å². The smallest absolute Gasteiger partial charge is 0.149 e. The van der Waals surface area contributed by atoms with E-state index in [1.807, 2.05) is 0 Å². The van der Waals surface area contributed by atoms with Gasteiger partial charge in [-0.2, -0.15) is 0 Å². The first kappa shape index (κ1) is 15.4. The number of benzene rings is 2. The minimum atomic E-state index is -0.729. The van der Waals surface area contributed by atoms with Crippen LogP contribution < -0.4 is 5.32 Å². The Hall–Kier alpha value is -1.01. The van der Waals surface area contributed by atoms with E-state index in [0.717, 1.165) is 10.5 Å². The summed E-state index contributed by atoms with van der Waals surface area (Å²) in [6, 6.07) is 6.12. The summed E-state index contributed by atoms with van der Waals surface area (Å²) >= 11 is 6.25. The zero-order valence-corrected chi connectivity index (χ0v) is 13.5. The summed E-state index contributed by atoms with van der Waals surface area (Å²) in [5.74, 6) is -1.81. The molecule has 0 aliphatic carbocycles. The molecular formula is C14H10Br2F3N. The van der Waals surface area contributed by atoms with Crippen molar-refractivity contribution in [1.29, 1.82) is 0 Å². The van der Waals surface area contributed by atoms with Gasteiger partial charge in [0.1, 0.15) is 17.5 Å². The second-order valence-electron chi connectivity index (χ2n) is 4.28. The molecular weight excluding hydrogens is 399 g/mol. The molecule has 0 aliphatic heterocycles. The van der Waals surface area contributed by atoms with E-state index in [4.69, 9.17) is 0 Å². The molecule has 0 heterocycles. The van der Waals surface area contributed by atoms with Crippen LogP contribution in [0.15, 0.2) is 39.3 Å². The molecule has 2 rings (SSSR count). The molecule has 1 atom stereocenters. The lowest BCUT2D eigenvalue weighted by Crippen LogP contribution is -2.10. The van der Waals surface area contributed by atoms with E-state index in [-0.39, 0.29) is 10.2 Å². The van der Waals surface area contributed by atoms with Crippen LogP contribution >= 0.6 is 31.9 Å². The Kier molecular flexibility index (Phi) is 4.75. The van der Waals surface area contributed by atoms with Crippen molar-refractivity contribution in [2.24, 2.45) is 0 Å². The molecule has 0 saturated heterocycles. The molecule has 0 radical (unpaired) electrons. The SMILES string of the molecule is CC(Nc1cc(Br)c(F)cc1F)c1cc(Br)ccc1F. The van der Waals surface area contributed by atoms with E-state index in [9.17, 15) is 13.2 Å². The van der Waals surface area contributed by atoms with Gasteiger partial charge in [-0.15, -0.1) is 0 Å². The predicted molar refractivity (Wildman–Crippen MR) is 80.2 cm³/mol. The molecule has 106 valence electrons. The molecule has 2 aromatic carbocycles. The maximum absolute atomic E-state index is 13.7. The van der Waals surface area contributed by atoms with Gasteiger partial charge in [0, 0.05) is 16.1 Å². The molecule has 0 amide bonds. The van der Waals surface area contributed by atoms with Gasteiger partial charge in [-0.3, -0.25) is 0 Å². The lowest BCUT2D eigenvalue weighted by atomic mass is 10.1. The van der Waals surface area contributed by atoms with Crippen LogP contribution in [0, 0.1) is 17.5 Å². The highest BCUT2D eigenvalue weighted by Crippen LogP contribution is 2.29. The number of anilines is 1. The highest BCUT2D eigenvalue weighted by atomic mass is 79.9. The summed E-state index contributed by atoms with van der Waals surface area (Å²) in [5.41, 5.74) is 0.490. The Bertz CT molecular complexity index is 647.